The Bertz CT molecular complexity index is 1580. The third-order valence-electron chi connectivity index (χ3n) is 8.60. The minimum atomic E-state index is -2.23. The molecule has 3 aromatic carbocycles. The number of hydrogen-bond donors (Lipinski definition) is 1. The largest absolute Gasteiger partial charge is 0.492 e. The van der Waals surface area contributed by atoms with Gasteiger partial charge in [-0.05, 0) is 97.6 Å². The van der Waals surface area contributed by atoms with Gasteiger partial charge in [0.05, 0.1) is 26.4 Å². The van der Waals surface area contributed by atoms with Crippen molar-refractivity contribution >= 4 is 37.7 Å². The van der Waals surface area contributed by atoms with Crippen molar-refractivity contribution in [1.29, 1.82) is 0 Å². The van der Waals surface area contributed by atoms with Crippen LogP contribution in [-0.4, -0.2) is 64.2 Å². The summed E-state index contributed by atoms with van der Waals surface area (Å²) in [7, 11) is -0.861. The minimum Gasteiger partial charge on any atom is -0.492 e. The van der Waals surface area contributed by atoms with Crippen molar-refractivity contribution in [2.45, 2.75) is 77.8 Å². The molecule has 0 saturated heterocycles. The first kappa shape index (κ1) is 36.3. The molecule has 1 atom stereocenters. The molecule has 1 heterocycles. The number of nitrogens with one attached hydrogen (secondary N) is 1. The van der Waals surface area contributed by atoms with E-state index in [1.807, 2.05) is 75.4 Å². The van der Waals surface area contributed by atoms with E-state index in [2.05, 4.69) is 45.2 Å². The van der Waals surface area contributed by atoms with Gasteiger partial charge in [-0.3, -0.25) is 0 Å². The Morgan fingerprint density at radius 1 is 1.00 bits per heavy atom. The van der Waals surface area contributed by atoms with Crippen LogP contribution in [0.5, 0.6) is 5.75 Å². The van der Waals surface area contributed by atoms with Crippen molar-refractivity contribution in [1.82, 2.24) is 4.90 Å². The lowest BCUT2D eigenvalue weighted by molar-refractivity contribution is 0.0165. The normalized spacial score (nSPS) is 13.7. The zero-order chi connectivity index (χ0) is 34.6. The lowest BCUT2D eigenvalue weighted by atomic mass is 9.98. The standard InChI is InChI=1S/C37H49ClN2O6Si/c1-36(2,3)45-35(42)40(24-32(26-13-10-14-29(38)21-26)46-47(8,9)37(4,5)6)18-17-39-30-15-11-12-25(22-30)28-20-27-16-19-44-33(27)31(23-28)34(41)43-7/h10-15,20-23,32,39H,16-19,24H2,1-9H3/t32-/m0/s1. The number of esters is 1. The van der Waals surface area contributed by atoms with Crippen LogP contribution in [0.3, 0.4) is 0 Å². The van der Waals surface area contributed by atoms with Gasteiger partial charge in [0.15, 0.2) is 8.32 Å². The van der Waals surface area contributed by atoms with E-state index in [1.165, 1.54) is 7.11 Å². The van der Waals surface area contributed by atoms with E-state index in [4.69, 9.17) is 30.2 Å². The van der Waals surface area contributed by atoms with Crippen LogP contribution in [-0.2, 0) is 20.3 Å². The molecule has 0 fully saturated rings. The van der Waals surface area contributed by atoms with Gasteiger partial charge in [-0.1, -0.05) is 56.6 Å². The number of carbonyl (C=O) groups excluding carboxylic acids is 2. The van der Waals surface area contributed by atoms with E-state index in [9.17, 15) is 9.59 Å². The number of carbonyl (C=O) groups is 2. The van der Waals surface area contributed by atoms with E-state index in [1.54, 1.807) is 4.90 Å². The second-order valence-electron chi connectivity index (χ2n) is 14.5. The van der Waals surface area contributed by atoms with Crippen LogP contribution in [0.2, 0.25) is 23.2 Å². The Morgan fingerprint density at radius 3 is 2.38 bits per heavy atom. The number of rotatable bonds is 11. The van der Waals surface area contributed by atoms with Crippen LogP contribution >= 0.6 is 11.6 Å². The van der Waals surface area contributed by atoms with E-state index in [-0.39, 0.29) is 5.04 Å². The number of anilines is 1. The predicted octanol–water partition coefficient (Wildman–Crippen LogP) is 9.14. The van der Waals surface area contributed by atoms with Crippen LogP contribution in [0, 0.1) is 0 Å². The lowest BCUT2D eigenvalue weighted by Crippen LogP contribution is -2.46. The van der Waals surface area contributed by atoms with Gasteiger partial charge in [0.2, 0.25) is 0 Å². The van der Waals surface area contributed by atoms with Gasteiger partial charge in [-0.25, -0.2) is 9.59 Å². The molecule has 1 amide bonds. The van der Waals surface area contributed by atoms with Gasteiger partial charge >= 0.3 is 12.1 Å². The van der Waals surface area contributed by atoms with Crippen molar-refractivity contribution in [2.75, 3.05) is 38.7 Å². The molecule has 0 unspecified atom stereocenters. The summed E-state index contributed by atoms with van der Waals surface area (Å²) in [5.74, 6) is 0.181. The second kappa shape index (κ2) is 14.7. The average Bonchev–Trinajstić information content (AvgIpc) is 3.47. The molecular formula is C37H49ClN2O6Si. The fraction of sp³-hybridized carbons (Fsp3) is 0.459. The highest BCUT2D eigenvalue weighted by molar-refractivity contribution is 6.74. The molecule has 1 aliphatic rings. The number of benzene rings is 3. The summed E-state index contributed by atoms with van der Waals surface area (Å²) in [6.07, 6.45) is -0.0613. The molecule has 0 radical (unpaired) electrons. The molecule has 0 bridgehead atoms. The number of fused-ring (bicyclic) bond motifs is 1. The topological polar surface area (TPSA) is 86.3 Å². The highest BCUT2D eigenvalue weighted by atomic mass is 35.5. The van der Waals surface area contributed by atoms with Gasteiger partial charge in [0.25, 0.3) is 0 Å². The maximum atomic E-state index is 13.6. The maximum Gasteiger partial charge on any atom is 0.410 e. The van der Waals surface area contributed by atoms with Crippen molar-refractivity contribution < 1.29 is 28.2 Å². The number of ether oxygens (including phenoxy) is 3. The van der Waals surface area contributed by atoms with Gasteiger partial charge in [-0.15, -0.1) is 0 Å². The molecule has 254 valence electrons. The molecule has 1 N–H and O–H groups in total. The van der Waals surface area contributed by atoms with E-state index in [0.29, 0.717) is 42.6 Å². The molecule has 0 aromatic heterocycles. The molecule has 10 heteroatoms. The Morgan fingerprint density at radius 2 is 1.72 bits per heavy atom. The quantitative estimate of drug-likeness (QED) is 0.160. The van der Waals surface area contributed by atoms with Gasteiger partial charge in [0.1, 0.15) is 16.9 Å². The highest BCUT2D eigenvalue weighted by Gasteiger charge is 2.40. The van der Waals surface area contributed by atoms with Crippen molar-refractivity contribution in [2.24, 2.45) is 0 Å². The van der Waals surface area contributed by atoms with Crippen LogP contribution < -0.4 is 10.1 Å². The monoisotopic (exact) mass is 680 g/mol. The first-order valence-corrected chi connectivity index (χ1v) is 19.4. The summed E-state index contributed by atoms with van der Waals surface area (Å²) in [4.78, 5) is 27.8. The van der Waals surface area contributed by atoms with Crippen LogP contribution in [0.1, 0.15) is 69.1 Å². The van der Waals surface area contributed by atoms with E-state index >= 15 is 0 Å². The van der Waals surface area contributed by atoms with E-state index in [0.717, 1.165) is 34.4 Å². The third-order valence-corrected chi connectivity index (χ3v) is 13.3. The van der Waals surface area contributed by atoms with Gasteiger partial charge in [-0.2, -0.15) is 0 Å². The molecule has 4 rings (SSSR count). The molecule has 1 aliphatic heterocycles. The SMILES string of the molecule is COC(=O)c1cc(-c2cccc(NCCN(C[C@H](O[Si](C)(C)C(C)(C)C)c3cccc(Cl)c3)C(=O)OC(C)(C)C)c2)cc2c1OCC2. The number of nitrogens with zero attached hydrogens (tertiary/aromatic N) is 1. The van der Waals surface area contributed by atoms with Crippen LogP contribution in [0.15, 0.2) is 60.7 Å². The van der Waals surface area contributed by atoms with Crippen molar-refractivity contribution in [3.63, 3.8) is 0 Å². The molecule has 47 heavy (non-hydrogen) atoms. The maximum absolute atomic E-state index is 13.6. The molecular weight excluding hydrogens is 632 g/mol. The van der Waals surface area contributed by atoms with Crippen molar-refractivity contribution in [3.8, 4) is 16.9 Å². The smallest absolute Gasteiger partial charge is 0.410 e. The summed E-state index contributed by atoms with van der Waals surface area (Å²) < 4.78 is 23.5. The summed E-state index contributed by atoms with van der Waals surface area (Å²) >= 11 is 6.42. The zero-order valence-corrected chi connectivity index (χ0v) is 30.9. The predicted molar refractivity (Wildman–Crippen MR) is 191 cm³/mol. The number of halogens is 1. The Balaban J connectivity index is 1.56. The summed E-state index contributed by atoms with van der Waals surface area (Å²) in [5.41, 5.74) is 4.41. The van der Waals surface area contributed by atoms with E-state index < -0.39 is 32.1 Å². The minimum absolute atomic E-state index is 0.0311. The summed E-state index contributed by atoms with van der Waals surface area (Å²) in [5, 5.41) is 4.07. The highest BCUT2D eigenvalue weighted by Crippen LogP contribution is 2.40. The summed E-state index contributed by atoms with van der Waals surface area (Å²) in [6.45, 7) is 18.3. The lowest BCUT2D eigenvalue weighted by Gasteiger charge is -2.40. The first-order valence-electron chi connectivity index (χ1n) is 16.1. The molecule has 3 aromatic rings. The molecule has 8 nitrogen and oxygen atoms in total. The molecule has 0 spiro atoms. The zero-order valence-electron chi connectivity index (χ0n) is 29.2. The Kier molecular flexibility index (Phi) is 11.4. The fourth-order valence-electron chi connectivity index (χ4n) is 5.11. The number of methoxy groups -OCH3 is 1. The first-order chi connectivity index (χ1) is 22.0. The molecule has 0 aliphatic carbocycles. The van der Waals surface area contributed by atoms with Crippen LogP contribution in [0.4, 0.5) is 10.5 Å². The van der Waals surface area contributed by atoms with Gasteiger partial charge < -0.3 is 28.9 Å². The molecule has 0 saturated carbocycles. The second-order valence-corrected chi connectivity index (χ2v) is 19.7. The average molecular weight is 681 g/mol. The Labute approximate surface area is 285 Å². The fourth-order valence-corrected chi connectivity index (χ4v) is 6.59. The van der Waals surface area contributed by atoms with Crippen LogP contribution in [0.25, 0.3) is 11.1 Å². The summed E-state index contributed by atoms with van der Waals surface area (Å²) in [6, 6.07) is 19.5. The number of hydrogen-bond acceptors (Lipinski definition) is 7. The Hall–Kier alpha value is -3.53. The van der Waals surface area contributed by atoms with Gasteiger partial charge in [0, 0.05) is 30.2 Å². The number of amides is 1. The van der Waals surface area contributed by atoms with Crippen molar-refractivity contribution in [3.05, 3.63) is 82.4 Å². The third kappa shape index (κ3) is 9.52.